The highest BCUT2D eigenvalue weighted by atomic mass is 35.5. The monoisotopic (exact) mass is 446 g/mol. The Hall–Kier alpha value is -2.61. The molecule has 0 radical (unpaired) electrons. The van der Waals surface area contributed by atoms with Crippen molar-refractivity contribution in [2.45, 2.75) is 44.9 Å². The second kappa shape index (κ2) is 11.1. The highest BCUT2D eigenvalue weighted by molar-refractivity contribution is 5.95. The Kier molecular flexibility index (Phi) is 8.86. The summed E-state index contributed by atoms with van der Waals surface area (Å²) in [5, 5.41) is 15.7. The van der Waals surface area contributed by atoms with Crippen LogP contribution in [0.5, 0.6) is 0 Å². The Balaban J connectivity index is 0.00000341. The number of aliphatic hydroxyl groups excluding tert-OH is 1. The van der Waals surface area contributed by atoms with Gasteiger partial charge in [-0.2, -0.15) is 0 Å². The number of anilines is 2. The average molecular weight is 447 g/mol. The van der Waals surface area contributed by atoms with Crippen molar-refractivity contribution in [3.05, 3.63) is 59.7 Å². The molecule has 31 heavy (non-hydrogen) atoms. The zero-order valence-electron chi connectivity index (χ0n) is 17.9. The molecular weight excluding hydrogens is 416 g/mol. The van der Waals surface area contributed by atoms with E-state index in [0.29, 0.717) is 12.0 Å². The van der Waals surface area contributed by atoms with E-state index < -0.39 is 6.10 Å². The summed E-state index contributed by atoms with van der Waals surface area (Å²) in [5.74, 6) is -0.122. The summed E-state index contributed by atoms with van der Waals surface area (Å²) in [6.45, 7) is 4.18. The second-order valence-corrected chi connectivity index (χ2v) is 7.63. The van der Waals surface area contributed by atoms with Crippen LogP contribution in [0.15, 0.2) is 48.5 Å². The molecule has 2 aromatic rings. The van der Waals surface area contributed by atoms with Crippen LogP contribution < -0.4 is 21.3 Å². The van der Waals surface area contributed by atoms with Gasteiger partial charge in [0.05, 0.1) is 12.1 Å². The van der Waals surface area contributed by atoms with E-state index in [1.54, 1.807) is 12.1 Å². The van der Waals surface area contributed by atoms with Crippen LogP contribution in [-0.4, -0.2) is 42.2 Å². The maximum atomic E-state index is 12.5. The number of nitrogens with two attached hydrogens (primary N) is 1. The Morgan fingerprint density at radius 1 is 1.19 bits per heavy atom. The number of carbonyl (C=O) groups excluding carboxylic acids is 2. The third-order valence-corrected chi connectivity index (χ3v) is 5.42. The van der Waals surface area contributed by atoms with Crippen molar-refractivity contribution >= 4 is 35.6 Å². The molecule has 0 saturated carbocycles. The average Bonchev–Trinajstić information content (AvgIpc) is 2.77. The van der Waals surface area contributed by atoms with E-state index in [0.717, 1.165) is 23.4 Å². The lowest BCUT2D eigenvalue weighted by molar-refractivity contribution is -0.118. The number of para-hydroxylation sites is 1. The summed E-state index contributed by atoms with van der Waals surface area (Å²) in [6, 6.07) is 15.4. The molecule has 2 amide bonds. The smallest absolute Gasteiger partial charge is 0.251 e. The molecule has 2 aromatic carbocycles. The van der Waals surface area contributed by atoms with Gasteiger partial charge in [-0.1, -0.05) is 25.1 Å². The standard InChI is InChI=1S/C23H30N4O3.ClH/c1-3-22(29)27-15(2)12-20(19-6-4-5-7-21(19)27)26-17-10-8-16(9-11-17)23(30)25-14-18(28)13-24;/h4-11,15,18,20,26,28H,3,12-14,24H2,1-2H3,(H,25,30);1H/t15-,18?,20+;/m0./s1. The Labute approximate surface area is 189 Å². The van der Waals surface area contributed by atoms with Crippen LogP contribution in [0.3, 0.4) is 0 Å². The van der Waals surface area contributed by atoms with Gasteiger partial charge in [0.15, 0.2) is 0 Å². The first-order chi connectivity index (χ1) is 14.4. The number of benzene rings is 2. The van der Waals surface area contributed by atoms with Crippen LogP contribution in [0.2, 0.25) is 0 Å². The van der Waals surface area contributed by atoms with Crippen LogP contribution in [0.25, 0.3) is 0 Å². The van der Waals surface area contributed by atoms with Crippen molar-refractivity contribution in [3.8, 4) is 0 Å². The van der Waals surface area contributed by atoms with Crippen LogP contribution in [0.1, 0.15) is 48.7 Å². The number of nitrogens with one attached hydrogen (secondary N) is 2. The predicted molar refractivity (Wildman–Crippen MR) is 126 cm³/mol. The zero-order chi connectivity index (χ0) is 21.7. The van der Waals surface area contributed by atoms with Crippen LogP contribution >= 0.6 is 12.4 Å². The van der Waals surface area contributed by atoms with Crippen molar-refractivity contribution in [1.29, 1.82) is 0 Å². The Morgan fingerprint density at radius 3 is 2.52 bits per heavy atom. The fourth-order valence-corrected chi connectivity index (χ4v) is 3.81. The Bertz CT molecular complexity index is 891. The van der Waals surface area contributed by atoms with E-state index in [-0.39, 0.29) is 49.4 Å². The number of rotatable bonds is 7. The van der Waals surface area contributed by atoms with E-state index in [9.17, 15) is 14.7 Å². The SMILES string of the molecule is CCC(=O)N1c2ccccc2[C@H](Nc2ccc(C(=O)NCC(O)CN)cc2)C[C@@H]1C.Cl. The zero-order valence-corrected chi connectivity index (χ0v) is 18.7. The number of halogens is 1. The molecular formula is C23H31ClN4O3. The number of fused-ring (bicyclic) bond motifs is 1. The maximum absolute atomic E-state index is 12.5. The van der Waals surface area contributed by atoms with Gasteiger partial charge in [-0.3, -0.25) is 9.59 Å². The van der Waals surface area contributed by atoms with E-state index in [1.807, 2.05) is 42.2 Å². The molecule has 1 aliphatic heterocycles. The second-order valence-electron chi connectivity index (χ2n) is 7.63. The van der Waals surface area contributed by atoms with Crippen molar-refractivity contribution in [2.75, 3.05) is 23.3 Å². The lowest BCUT2D eigenvalue weighted by Crippen LogP contribution is -2.44. The molecule has 8 heteroatoms. The first-order valence-corrected chi connectivity index (χ1v) is 10.4. The van der Waals surface area contributed by atoms with Crippen molar-refractivity contribution in [2.24, 2.45) is 5.73 Å². The maximum Gasteiger partial charge on any atom is 0.251 e. The molecule has 0 aromatic heterocycles. The molecule has 1 aliphatic rings. The molecule has 168 valence electrons. The molecule has 0 saturated heterocycles. The normalized spacial score (nSPS) is 18.4. The molecule has 3 rings (SSSR count). The number of amides is 2. The first kappa shape index (κ1) is 24.7. The number of hydrogen-bond donors (Lipinski definition) is 4. The number of aliphatic hydroxyl groups is 1. The fourth-order valence-electron chi connectivity index (χ4n) is 3.81. The van der Waals surface area contributed by atoms with Crippen LogP contribution in [-0.2, 0) is 4.79 Å². The third kappa shape index (κ3) is 5.76. The largest absolute Gasteiger partial charge is 0.390 e. The molecule has 5 N–H and O–H groups in total. The van der Waals surface area contributed by atoms with E-state index in [4.69, 9.17) is 5.73 Å². The summed E-state index contributed by atoms with van der Waals surface area (Å²) in [6.07, 6.45) is 0.521. The third-order valence-electron chi connectivity index (χ3n) is 5.42. The van der Waals surface area contributed by atoms with Crippen LogP contribution in [0, 0.1) is 0 Å². The highest BCUT2D eigenvalue weighted by Crippen LogP contribution is 2.39. The molecule has 7 nitrogen and oxygen atoms in total. The topological polar surface area (TPSA) is 108 Å². The molecule has 0 aliphatic carbocycles. The molecule has 0 spiro atoms. The minimum atomic E-state index is -0.748. The summed E-state index contributed by atoms with van der Waals surface area (Å²) >= 11 is 0. The summed E-state index contributed by atoms with van der Waals surface area (Å²) in [5.41, 5.74) is 8.81. The molecule has 0 fully saturated rings. The van der Waals surface area contributed by atoms with Gasteiger partial charge in [-0.15, -0.1) is 12.4 Å². The van der Waals surface area contributed by atoms with Crippen molar-refractivity contribution in [3.63, 3.8) is 0 Å². The van der Waals surface area contributed by atoms with Gasteiger partial charge < -0.3 is 26.4 Å². The van der Waals surface area contributed by atoms with Crippen molar-refractivity contribution in [1.82, 2.24) is 5.32 Å². The molecule has 0 bridgehead atoms. The van der Waals surface area contributed by atoms with E-state index in [2.05, 4.69) is 23.6 Å². The number of nitrogens with zero attached hydrogens (tertiary/aromatic N) is 1. The van der Waals surface area contributed by atoms with Gasteiger partial charge in [0, 0.05) is 42.5 Å². The lowest BCUT2D eigenvalue weighted by Gasteiger charge is -2.40. The van der Waals surface area contributed by atoms with Gasteiger partial charge >= 0.3 is 0 Å². The molecule has 1 heterocycles. The van der Waals surface area contributed by atoms with Crippen LogP contribution in [0.4, 0.5) is 11.4 Å². The van der Waals surface area contributed by atoms with Gasteiger partial charge in [-0.25, -0.2) is 0 Å². The van der Waals surface area contributed by atoms with Gasteiger partial charge in [0.1, 0.15) is 0 Å². The highest BCUT2D eigenvalue weighted by Gasteiger charge is 2.32. The summed E-state index contributed by atoms with van der Waals surface area (Å²) < 4.78 is 0. The fraction of sp³-hybridized carbons (Fsp3) is 0.391. The first-order valence-electron chi connectivity index (χ1n) is 10.4. The molecule has 1 unspecified atom stereocenters. The van der Waals surface area contributed by atoms with E-state index >= 15 is 0 Å². The molecule has 3 atom stereocenters. The van der Waals surface area contributed by atoms with Gasteiger partial charge in [0.25, 0.3) is 5.91 Å². The minimum Gasteiger partial charge on any atom is -0.390 e. The predicted octanol–water partition coefficient (Wildman–Crippen LogP) is 2.85. The van der Waals surface area contributed by atoms with E-state index in [1.165, 1.54) is 0 Å². The van der Waals surface area contributed by atoms with Gasteiger partial charge in [-0.05, 0) is 49.2 Å². The quantitative estimate of drug-likeness (QED) is 0.523. The summed E-state index contributed by atoms with van der Waals surface area (Å²) in [7, 11) is 0. The summed E-state index contributed by atoms with van der Waals surface area (Å²) in [4.78, 5) is 26.5. The lowest BCUT2D eigenvalue weighted by atomic mass is 9.91. The van der Waals surface area contributed by atoms with Gasteiger partial charge in [0.2, 0.25) is 5.91 Å². The van der Waals surface area contributed by atoms with Crippen molar-refractivity contribution < 1.29 is 14.7 Å². The number of hydrogen-bond acceptors (Lipinski definition) is 5. The number of carbonyl (C=O) groups is 2. The Morgan fingerprint density at radius 2 is 1.87 bits per heavy atom. The minimum absolute atomic E-state index is 0.